The summed E-state index contributed by atoms with van der Waals surface area (Å²) >= 11 is 0. The topological polar surface area (TPSA) is 35.2 Å². The van der Waals surface area contributed by atoms with Gasteiger partial charge in [-0.2, -0.15) is 0 Å². The van der Waals surface area contributed by atoms with E-state index in [2.05, 4.69) is 19.9 Å². The Morgan fingerprint density at radius 2 is 1.88 bits per heavy atom. The number of aryl methyl sites for hydroxylation is 1. The molecule has 2 N–H and O–H groups in total. The van der Waals surface area contributed by atoms with Crippen LogP contribution in [0.25, 0.3) is 0 Å². The van der Waals surface area contributed by atoms with E-state index in [0.717, 1.165) is 24.3 Å². The standard InChI is InChI=1S/C15H25NO/c1-3-4-5-6-7-11-17-15-13(2)9-8-10-14(15)12-16/h8-10H,3-7,11-12,16H2,1-2H3. The fraction of sp³-hybridized carbons (Fsp3) is 0.600. The lowest BCUT2D eigenvalue weighted by Crippen LogP contribution is -2.05. The van der Waals surface area contributed by atoms with Gasteiger partial charge in [-0.25, -0.2) is 0 Å². The molecule has 0 atom stereocenters. The van der Waals surface area contributed by atoms with E-state index in [4.69, 9.17) is 10.5 Å². The van der Waals surface area contributed by atoms with Crippen LogP contribution >= 0.6 is 0 Å². The largest absolute Gasteiger partial charge is 0.493 e. The first-order valence-electron chi connectivity index (χ1n) is 6.71. The molecule has 0 aliphatic carbocycles. The van der Waals surface area contributed by atoms with Gasteiger partial charge in [-0.15, -0.1) is 0 Å². The maximum Gasteiger partial charge on any atom is 0.126 e. The summed E-state index contributed by atoms with van der Waals surface area (Å²) in [5.74, 6) is 0.991. The zero-order valence-corrected chi connectivity index (χ0v) is 11.2. The second-order valence-electron chi connectivity index (χ2n) is 4.53. The minimum absolute atomic E-state index is 0.548. The smallest absolute Gasteiger partial charge is 0.126 e. The minimum Gasteiger partial charge on any atom is -0.493 e. The maximum atomic E-state index is 5.86. The highest BCUT2D eigenvalue weighted by atomic mass is 16.5. The van der Waals surface area contributed by atoms with Crippen molar-refractivity contribution in [1.29, 1.82) is 0 Å². The molecule has 0 aliphatic rings. The van der Waals surface area contributed by atoms with Crippen molar-refractivity contribution in [1.82, 2.24) is 0 Å². The Hall–Kier alpha value is -1.02. The van der Waals surface area contributed by atoms with E-state index in [-0.39, 0.29) is 0 Å². The van der Waals surface area contributed by atoms with Crippen LogP contribution in [0.1, 0.15) is 50.2 Å². The van der Waals surface area contributed by atoms with Gasteiger partial charge in [-0.1, -0.05) is 50.8 Å². The average molecular weight is 235 g/mol. The molecule has 96 valence electrons. The second-order valence-corrected chi connectivity index (χ2v) is 4.53. The van der Waals surface area contributed by atoms with Crippen molar-refractivity contribution in [3.63, 3.8) is 0 Å². The molecular weight excluding hydrogens is 210 g/mol. The molecule has 0 bridgehead atoms. The van der Waals surface area contributed by atoms with Crippen LogP contribution in [0, 0.1) is 6.92 Å². The van der Waals surface area contributed by atoms with E-state index in [1.807, 2.05) is 12.1 Å². The zero-order valence-electron chi connectivity index (χ0n) is 11.2. The fourth-order valence-electron chi connectivity index (χ4n) is 1.96. The monoisotopic (exact) mass is 235 g/mol. The molecule has 2 nitrogen and oxygen atoms in total. The van der Waals surface area contributed by atoms with Gasteiger partial charge in [0.1, 0.15) is 5.75 Å². The van der Waals surface area contributed by atoms with Crippen molar-refractivity contribution in [2.75, 3.05) is 6.61 Å². The third-order valence-corrected chi connectivity index (χ3v) is 3.01. The lowest BCUT2D eigenvalue weighted by molar-refractivity contribution is 0.299. The van der Waals surface area contributed by atoms with Gasteiger partial charge in [-0.3, -0.25) is 0 Å². The Morgan fingerprint density at radius 3 is 2.59 bits per heavy atom. The molecule has 0 spiro atoms. The Morgan fingerprint density at radius 1 is 1.12 bits per heavy atom. The number of hydrogen-bond acceptors (Lipinski definition) is 2. The SMILES string of the molecule is CCCCCCCOc1c(C)cccc1CN. The lowest BCUT2D eigenvalue weighted by Gasteiger charge is -2.13. The van der Waals surface area contributed by atoms with Gasteiger partial charge in [0.2, 0.25) is 0 Å². The molecule has 1 aromatic rings. The van der Waals surface area contributed by atoms with Gasteiger partial charge in [0.05, 0.1) is 6.61 Å². The van der Waals surface area contributed by atoms with Gasteiger partial charge in [0, 0.05) is 12.1 Å². The molecule has 2 heteroatoms. The van der Waals surface area contributed by atoms with Gasteiger partial charge >= 0.3 is 0 Å². The summed E-state index contributed by atoms with van der Waals surface area (Å²) in [5.41, 5.74) is 8.00. The Bertz CT molecular complexity index is 323. The van der Waals surface area contributed by atoms with Gasteiger partial charge in [0.25, 0.3) is 0 Å². The molecule has 1 rings (SSSR count). The van der Waals surface area contributed by atoms with E-state index in [1.165, 1.54) is 31.2 Å². The summed E-state index contributed by atoms with van der Waals surface area (Å²) in [6.07, 6.45) is 6.34. The Kier molecular flexibility index (Phi) is 6.71. The van der Waals surface area contributed by atoms with Crippen LogP contribution in [-0.4, -0.2) is 6.61 Å². The second kappa shape index (κ2) is 8.13. The van der Waals surface area contributed by atoms with Crippen molar-refractivity contribution in [2.24, 2.45) is 5.73 Å². The lowest BCUT2D eigenvalue weighted by atomic mass is 10.1. The predicted molar refractivity (Wildman–Crippen MR) is 73.3 cm³/mol. The first kappa shape index (κ1) is 14.0. The van der Waals surface area contributed by atoms with Crippen molar-refractivity contribution < 1.29 is 4.74 Å². The summed E-state index contributed by atoms with van der Waals surface area (Å²) in [6.45, 7) is 5.66. The van der Waals surface area contributed by atoms with Crippen molar-refractivity contribution >= 4 is 0 Å². The number of para-hydroxylation sites is 1. The van der Waals surface area contributed by atoms with Crippen LogP contribution in [0.2, 0.25) is 0 Å². The van der Waals surface area contributed by atoms with E-state index >= 15 is 0 Å². The van der Waals surface area contributed by atoms with Gasteiger partial charge in [-0.05, 0) is 18.9 Å². The van der Waals surface area contributed by atoms with Crippen LogP contribution in [0.4, 0.5) is 0 Å². The molecule has 0 fully saturated rings. The molecule has 0 heterocycles. The number of ether oxygens (including phenoxy) is 1. The molecular formula is C15H25NO. The summed E-state index contributed by atoms with van der Waals surface area (Å²) in [7, 11) is 0. The van der Waals surface area contributed by atoms with Crippen molar-refractivity contribution in [3.05, 3.63) is 29.3 Å². The van der Waals surface area contributed by atoms with Crippen LogP contribution in [0.15, 0.2) is 18.2 Å². The molecule has 0 aromatic heterocycles. The Labute approximate surface area is 105 Å². The highest BCUT2D eigenvalue weighted by Crippen LogP contribution is 2.23. The van der Waals surface area contributed by atoms with E-state index < -0.39 is 0 Å². The first-order chi connectivity index (χ1) is 8.29. The van der Waals surface area contributed by atoms with Crippen molar-refractivity contribution in [3.8, 4) is 5.75 Å². The van der Waals surface area contributed by atoms with Crippen molar-refractivity contribution in [2.45, 2.75) is 52.5 Å². The summed E-state index contributed by atoms with van der Waals surface area (Å²) in [6, 6.07) is 6.15. The maximum absolute atomic E-state index is 5.86. The average Bonchev–Trinajstić information content (AvgIpc) is 2.35. The molecule has 0 radical (unpaired) electrons. The highest BCUT2D eigenvalue weighted by molar-refractivity contribution is 5.40. The minimum atomic E-state index is 0.548. The fourth-order valence-corrected chi connectivity index (χ4v) is 1.96. The summed E-state index contributed by atoms with van der Waals surface area (Å²) < 4.78 is 5.86. The van der Waals surface area contributed by atoms with Gasteiger partial charge < -0.3 is 10.5 Å². The third-order valence-electron chi connectivity index (χ3n) is 3.01. The molecule has 0 unspecified atom stereocenters. The first-order valence-corrected chi connectivity index (χ1v) is 6.71. The van der Waals surface area contributed by atoms with Crippen LogP contribution in [0.5, 0.6) is 5.75 Å². The van der Waals surface area contributed by atoms with E-state index in [9.17, 15) is 0 Å². The Balaban J connectivity index is 2.35. The van der Waals surface area contributed by atoms with E-state index in [1.54, 1.807) is 0 Å². The molecule has 0 aliphatic heterocycles. The molecule has 17 heavy (non-hydrogen) atoms. The van der Waals surface area contributed by atoms with Crippen LogP contribution in [0.3, 0.4) is 0 Å². The normalized spacial score (nSPS) is 10.5. The predicted octanol–water partition coefficient (Wildman–Crippen LogP) is 3.80. The number of benzene rings is 1. The van der Waals surface area contributed by atoms with Crippen LogP contribution < -0.4 is 10.5 Å². The molecule has 0 saturated carbocycles. The number of hydrogen-bond donors (Lipinski definition) is 1. The number of rotatable bonds is 8. The third kappa shape index (κ3) is 4.78. The number of nitrogens with two attached hydrogens (primary N) is 1. The van der Waals surface area contributed by atoms with Gasteiger partial charge in [0.15, 0.2) is 0 Å². The molecule has 0 amide bonds. The highest BCUT2D eigenvalue weighted by Gasteiger charge is 2.04. The number of unbranched alkanes of at least 4 members (excludes halogenated alkanes) is 4. The molecule has 0 saturated heterocycles. The summed E-state index contributed by atoms with van der Waals surface area (Å²) in [5, 5.41) is 0. The van der Waals surface area contributed by atoms with E-state index in [0.29, 0.717) is 6.54 Å². The van der Waals surface area contributed by atoms with Crippen LogP contribution in [-0.2, 0) is 6.54 Å². The zero-order chi connectivity index (χ0) is 12.5. The summed E-state index contributed by atoms with van der Waals surface area (Å²) in [4.78, 5) is 0. The molecule has 1 aromatic carbocycles. The quantitative estimate of drug-likeness (QED) is 0.695.